The fraction of sp³-hybridized carbons (Fsp3) is 0.500. The van der Waals surface area contributed by atoms with Crippen LogP contribution in [0.3, 0.4) is 0 Å². The highest BCUT2D eigenvalue weighted by molar-refractivity contribution is 5.75. The van der Waals surface area contributed by atoms with Crippen molar-refractivity contribution in [3.05, 3.63) is 22.4 Å². The first-order chi connectivity index (χ1) is 9.13. The van der Waals surface area contributed by atoms with E-state index in [0.29, 0.717) is 5.69 Å². The number of rotatable bonds is 2. The molecule has 19 heavy (non-hydrogen) atoms. The lowest BCUT2D eigenvalue weighted by Crippen LogP contribution is -2.32. The maximum Gasteiger partial charge on any atom is 0.279 e. The molecule has 1 aliphatic heterocycles. The fourth-order valence-electron chi connectivity index (χ4n) is 2.20. The van der Waals surface area contributed by atoms with Crippen LogP contribution in [0.2, 0.25) is 0 Å². The Morgan fingerprint density at radius 1 is 1.32 bits per heavy atom. The molecule has 9 heteroatoms. The lowest BCUT2D eigenvalue weighted by Gasteiger charge is -2.12. The minimum Gasteiger partial charge on any atom is -0.394 e. The second-order valence-corrected chi connectivity index (χ2v) is 4.33. The Morgan fingerprint density at radius 3 is 2.79 bits per heavy atom. The summed E-state index contributed by atoms with van der Waals surface area (Å²) in [7, 11) is 0. The smallest absolute Gasteiger partial charge is 0.279 e. The number of ether oxygens (including phenoxy) is 1. The predicted molar refractivity (Wildman–Crippen MR) is 61.2 cm³/mol. The minimum absolute atomic E-state index is 0.0928. The number of aromatic amines is 2. The third-order valence-corrected chi connectivity index (χ3v) is 3.20. The van der Waals surface area contributed by atoms with Crippen molar-refractivity contribution in [2.75, 3.05) is 6.61 Å². The number of fused-ring (bicyclic) bond motifs is 1. The number of nitrogens with one attached hydrogen (secondary N) is 2. The van der Waals surface area contributed by atoms with E-state index in [4.69, 9.17) is 9.84 Å². The zero-order valence-corrected chi connectivity index (χ0v) is 9.65. The van der Waals surface area contributed by atoms with Gasteiger partial charge in [-0.15, -0.1) is 0 Å². The van der Waals surface area contributed by atoms with E-state index in [9.17, 15) is 15.0 Å². The largest absolute Gasteiger partial charge is 0.394 e. The van der Waals surface area contributed by atoms with E-state index in [0.717, 1.165) is 0 Å². The molecule has 4 atom stereocenters. The van der Waals surface area contributed by atoms with Gasteiger partial charge in [0, 0.05) is 0 Å². The van der Waals surface area contributed by atoms with Gasteiger partial charge in [0.2, 0.25) is 0 Å². The Labute approximate surface area is 105 Å². The number of aromatic nitrogens is 4. The molecular weight excluding hydrogens is 256 g/mol. The van der Waals surface area contributed by atoms with Gasteiger partial charge in [-0.25, -0.2) is 4.98 Å². The van der Waals surface area contributed by atoms with Crippen molar-refractivity contribution in [3.63, 3.8) is 0 Å². The van der Waals surface area contributed by atoms with Gasteiger partial charge in [0.05, 0.1) is 18.6 Å². The number of hydrogen-bond acceptors (Lipinski definition) is 7. The number of H-pyrrole nitrogens is 2. The number of aliphatic hydroxyl groups is 3. The van der Waals surface area contributed by atoms with Gasteiger partial charge in [0.25, 0.3) is 5.56 Å². The summed E-state index contributed by atoms with van der Waals surface area (Å²) in [6, 6.07) is 0. The van der Waals surface area contributed by atoms with Crippen LogP contribution in [0.4, 0.5) is 0 Å². The summed E-state index contributed by atoms with van der Waals surface area (Å²) in [5.74, 6) is 0. The topological polar surface area (TPSA) is 144 Å². The zero-order chi connectivity index (χ0) is 13.6. The zero-order valence-electron chi connectivity index (χ0n) is 9.65. The molecule has 0 amide bonds. The molecule has 2 aromatic rings. The van der Waals surface area contributed by atoms with Gasteiger partial charge in [0.1, 0.15) is 29.9 Å². The third-order valence-electron chi connectivity index (χ3n) is 3.20. The van der Waals surface area contributed by atoms with Gasteiger partial charge in [-0.2, -0.15) is 5.10 Å². The molecule has 0 radical (unpaired) electrons. The predicted octanol–water partition coefficient (Wildman–Crippen LogP) is -2.20. The van der Waals surface area contributed by atoms with E-state index in [2.05, 4.69) is 20.2 Å². The van der Waals surface area contributed by atoms with Crippen molar-refractivity contribution in [1.82, 2.24) is 20.2 Å². The summed E-state index contributed by atoms with van der Waals surface area (Å²) >= 11 is 0. The normalized spacial score (nSPS) is 31.1. The summed E-state index contributed by atoms with van der Waals surface area (Å²) in [5, 5.41) is 35.0. The van der Waals surface area contributed by atoms with Gasteiger partial charge in [-0.05, 0) is 0 Å². The highest BCUT2D eigenvalue weighted by Gasteiger charge is 2.44. The summed E-state index contributed by atoms with van der Waals surface area (Å²) in [6.45, 7) is -0.422. The van der Waals surface area contributed by atoms with Crippen molar-refractivity contribution >= 4 is 11.0 Å². The molecule has 0 aromatic carbocycles. The van der Waals surface area contributed by atoms with Crippen LogP contribution < -0.4 is 5.56 Å². The minimum atomic E-state index is -1.23. The Balaban J connectivity index is 2.06. The van der Waals surface area contributed by atoms with Gasteiger partial charge in [-0.1, -0.05) is 0 Å². The molecule has 9 nitrogen and oxygen atoms in total. The van der Waals surface area contributed by atoms with Gasteiger partial charge in [0.15, 0.2) is 5.52 Å². The highest BCUT2D eigenvalue weighted by atomic mass is 16.6. The summed E-state index contributed by atoms with van der Waals surface area (Å²) < 4.78 is 5.35. The summed E-state index contributed by atoms with van der Waals surface area (Å²) in [5.41, 5.74) is 0.233. The second-order valence-electron chi connectivity index (χ2n) is 4.33. The van der Waals surface area contributed by atoms with Gasteiger partial charge < -0.3 is 25.0 Å². The van der Waals surface area contributed by atoms with E-state index < -0.39 is 36.6 Å². The van der Waals surface area contributed by atoms with Crippen LogP contribution in [0.25, 0.3) is 11.0 Å². The summed E-state index contributed by atoms with van der Waals surface area (Å²) in [4.78, 5) is 17.9. The van der Waals surface area contributed by atoms with Crippen LogP contribution in [0.15, 0.2) is 11.1 Å². The molecular formula is C10H12N4O5. The van der Waals surface area contributed by atoms with Crippen molar-refractivity contribution in [3.8, 4) is 0 Å². The van der Waals surface area contributed by atoms with Crippen molar-refractivity contribution in [2.24, 2.45) is 0 Å². The lowest BCUT2D eigenvalue weighted by molar-refractivity contribution is -0.0236. The van der Waals surface area contributed by atoms with E-state index in [1.165, 1.54) is 6.33 Å². The number of aliphatic hydroxyl groups excluding tert-OH is 3. The molecule has 0 saturated carbocycles. The maximum atomic E-state index is 11.5. The standard InChI is InChI=1S/C10H12N4O5/c15-1-3-7(16)8(17)9(19-3)5-4-6(14-13-5)10(18)12-2-11-4/h2-3,7-9,15-17H,1H2,(H,13,14)(H,11,12,18)/t3-,7-,8-,9?/m1/s1. The van der Waals surface area contributed by atoms with Crippen LogP contribution in [-0.2, 0) is 4.74 Å². The SMILES string of the molecule is O=c1[nH]cnc2c(C3O[C@H](CO)[C@@H](O)[C@H]3O)[nH]nc12. The molecule has 3 heterocycles. The quantitative estimate of drug-likeness (QED) is 0.415. The van der Waals surface area contributed by atoms with Crippen LogP contribution in [0.1, 0.15) is 11.8 Å². The molecule has 1 aliphatic rings. The molecule has 102 valence electrons. The van der Waals surface area contributed by atoms with Crippen molar-refractivity contribution in [2.45, 2.75) is 24.4 Å². The summed E-state index contributed by atoms with van der Waals surface area (Å²) in [6.07, 6.45) is -3.05. The number of hydrogen-bond donors (Lipinski definition) is 5. The van der Waals surface area contributed by atoms with Crippen molar-refractivity contribution < 1.29 is 20.1 Å². The van der Waals surface area contributed by atoms with Crippen LogP contribution in [0.5, 0.6) is 0 Å². The Morgan fingerprint density at radius 2 is 2.11 bits per heavy atom. The van der Waals surface area contributed by atoms with E-state index in [1.54, 1.807) is 0 Å². The molecule has 1 saturated heterocycles. The van der Waals surface area contributed by atoms with Crippen LogP contribution in [-0.4, -0.2) is 60.4 Å². The first-order valence-electron chi connectivity index (χ1n) is 5.67. The first-order valence-corrected chi connectivity index (χ1v) is 5.67. The van der Waals surface area contributed by atoms with E-state index in [1.807, 2.05) is 0 Å². The molecule has 5 N–H and O–H groups in total. The van der Waals surface area contributed by atoms with Crippen LogP contribution in [0, 0.1) is 0 Å². The molecule has 1 unspecified atom stereocenters. The lowest BCUT2D eigenvalue weighted by atomic mass is 10.1. The van der Waals surface area contributed by atoms with Crippen molar-refractivity contribution in [1.29, 1.82) is 0 Å². The van der Waals surface area contributed by atoms with Gasteiger partial charge >= 0.3 is 0 Å². The molecule has 0 aliphatic carbocycles. The second kappa shape index (κ2) is 4.38. The molecule has 2 aromatic heterocycles. The first kappa shape index (κ1) is 12.2. The molecule has 0 spiro atoms. The maximum absolute atomic E-state index is 11.5. The van der Waals surface area contributed by atoms with Crippen LogP contribution >= 0.6 is 0 Å². The van der Waals surface area contributed by atoms with E-state index >= 15 is 0 Å². The Hall–Kier alpha value is -1.81. The van der Waals surface area contributed by atoms with E-state index in [-0.39, 0.29) is 11.0 Å². The average molecular weight is 268 g/mol. The highest BCUT2D eigenvalue weighted by Crippen LogP contribution is 2.34. The fourth-order valence-corrected chi connectivity index (χ4v) is 2.20. The third kappa shape index (κ3) is 1.75. The molecule has 0 bridgehead atoms. The molecule has 3 rings (SSSR count). The number of nitrogens with zero attached hydrogens (tertiary/aromatic N) is 2. The van der Waals surface area contributed by atoms with Gasteiger partial charge in [-0.3, -0.25) is 9.89 Å². The Bertz CT molecular complexity index is 653. The molecule has 1 fully saturated rings. The Kier molecular flexibility index (Phi) is 2.82. The average Bonchev–Trinajstić information content (AvgIpc) is 2.94. The monoisotopic (exact) mass is 268 g/mol.